The fraction of sp³-hybridized carbons (Fsp3) is 0.150. The summed E-state index contributed by atoms with van der Waals surface area (Å²) < 4.78 is 11.1. The molecule has 0 unspecified atom stereocenters. The molecule has 3 rings (SSSR count). The van der Waals surface area contributed by atoms with E-state index in [0.29, 0.717) is 38.6 Å². The number of fused-ring (bicyclic) bond motifs is 1. The van der Waals surface area contributed by atoms with Gasteiger partial charge in [-0.25, -0.2) is 0 Å². The molecule has 1 amide bonds. The molecular formula is C20H16ClNO6. The van der Waals surface area contributed by atoms with Crippen molar-refractivity contribution in [2.75, 3.05) is 13.2 Å². The van der Waals surface area contributed by atoms with Crippen molar-refractivity contribution >= 4 is 34.4 Å². The van der Waals surface area contributed by atoms with Crippen LogP contribution in [0.4, 0.5) is 0 Å². The molecule has 2 N–H and O–H groups in total. The highest BCUT2D eigenvalue weighted by Gasteiger charge is 2.14. The molecule has 0 aliphatic rings. The number of benzene rings is 2. The number of nitrogens with one attached hydrogen (secondary N) is 1. The van der Waals surface area contributed by atoms with Gasteiger partial charge in [-0.3, -0.25) is 14.4 Å². The van der Waals surface area contributed by atoms with Crippen LogP contribution in [0.25, 0.3) is 22.1 Å². The van der Waals surface area contributed by atoms with Crippen molar-refractivity contribution in [3.8, 4) is 16.9 Å². The van der Waals surface area contributed by atoms with Crippen molar-refractivity contribution in [3.05, 3.63) is 63.5 Å². The van der Waals surface area contributed by atoms with Gasteiger partial charge in [0.05, 0.1) is 10.9 Å². The molecule has 0 saturated carbocycles. The molecule has 7 nitrogen and oxygen atoms in total. The Balaban J connectivity index is 1.86. The quantitative estimate of drug-likeness (QED) is 0.657. The third-order valence-electron chi connectivity index (χ3n) is 3.98. The van der Waals surface area contributed by atoms with E-state index in [9.17, 15) is 14.4 Å². The number of aryl methyl sites for hydroxylation is 1. The number of halogens is 1. The average Bonchev–Trinajstić information content (AvgIpc) is 2.66. The van der Waals surface area contributed by atoms with Crippen molar-refractivity contribution in [2.45, 2.75) is 6.92 Å². The lowest BCUT2D eigenvalue weighted by atomic mass is 10.0. The summed E-state index contributed by atoms with van der Waals surface area (Å²) in [6, 6.07) is 11.5. The van der Waals surface area contributed by atoms with Gasteiger partial charge in [0.2, 0.25) is 5.43 Å². The first kappa shape index (κ1) is 19.4. The van der Waals surface area contributed by atoms with Gasteiger partial charge in [0, 0.05) is 11.1 Å². The Morgan fingerprint density at radius 1 is 1.18 bits per heavy atom. The molecule has 0 aliphatic heterocycles. The fourth-order valence-electron chi connectivity index (χ4n) is 2.70. The van der Waals surface area contributed by atoms with Crippen molar-refractivity contribution < 1.29 is 23.8 Å². The number of ether oxygens (including phenoxy) is 1. The molecule has 0 spiro atoms. The Labute approximate surface area is 164 Å². The zero-order valence-electron chi connectivity index (χ0n) is 14.8. The SMILES string of the molecule is Cc1oc2cc(OCC(=O)NCC(=O)O)ccc2c(=O)c1-c1ccc(Cl)cc1. The van der Waals surface area contributed by atoms with Gasteiger partial charge >= 0.3 is 5.97 Å². The number of carboxylic acids is 1. The molecule has 0 saturated heterocycles. The molecule has 0 radical (unpaired) electrons. The second kappa shape index (κ2) is 8.14. The second-order valence-electron chi connectivity index (χ2n) is 5.99. The minimum atomic E-state index is -1.15. The standard InChI is InChI=1S/C20H16ClNO6/c1-11-19(12-2-4-13(21)5-3-12)20(26)15-7-6-14(8-16(15)28-11)27-10-17(23)22-9-18(24)25/h2-8H,9-10H2,1H3,(H,22,23)(H,24,25). The number of carbonyl (C=O) groups is 2. The van der Waals surface area contributed by atoms with E-state index < -0.39 is 18.4 Å². The van der Waals surface area contributed by atoms with Crippen LogP contribution < -0.4 is 15.5 Å². The lowest BCUT2D eigenvalue weighted by Crippen LogP contribution is -2.33. The zero-order valence-corrected chi connectivity index (χ0v) is 15.6. The minimum Gasteiger partial charge on any atom is -0.484 e. The van der Waals surface area contributed by atoms with Crippen molar-refractivity contribution in [3.63, 3.8) is 0 Å². The van der Waals surface area contributed by atoms with Crippen LogP contribution >= 0.6 is 11.6 Å². The molecule has 1 aromatic heterocycles. The summed E-state index contributed by atoms with van der Waals surface area (Å²) in [6.45, 7) is 0.851. The first-order valence-corrected chi connectivity index (χ1v) is 8.67. The van der Waals surface area contributed by atoms with Gasteiger partial charge in [0.15, 0.2) is 6.61 Å². The summed E-state index contributed by atoms with van der Waals surface area (Å²) >= 11 is 5.91. The third-order valence-corrected chi connectivity index (χ3v) is 4.23. The van der Waals surface area contributed by atoms with Gasteiger partial charge in [-0.1, -0.05) is 23.7 Å². The number of aliphatic carboxylic acids is 1. The van der Waals surface area contributed by atoms with E-state index >= 15 is 0 Å². The van der Waals surface area contributed by atoms with E-state index in [1.54, 1.807) is 43.3 Å². The predicted octanol–water partition coefficient (Wildman–Crippen LogP) is 3.00. The predicted molar refractivity (Wildman–Crippen MR) is 104 cm³/mol. The fourth-order valence-corrected chi connectivity index (χ4v) is 2.83. The highest BCUT2D eigenvalue weighted by molar-refractivity contribution is 6.30. The van der Waals surface area contributed by atoms with E-state index in [4.69, 9.17) is 25.9 Å². The normalized spacial score (nSPS) is 10.6. The van der Waals surface area contributed by atoms with E-state index in [1.807, 2.05) is 0 Å². The summed E-state index contributed by atoms with van der Waals surface area (Å²) in [5.74, 6) is -0.957. The molecule has 144 valence electrons. The van der Waals surface area contributed by atoms with Crippen LogP contribution in [0.1, 0.15) is 5.76 Å². The minimum absolute atomic E-state index is 0.188. The number of carboxylic acid groups (broad SMARTS) is 1. The van der Waals surface area contributed by atoms with Crippen LogP contribution in [0.2, 0.25) is 5.02 Å². The summed E-state index contributed by atoms with van der Waals surface area (Å²) in [4.78, 5) is 34.9. The van der Waals surface area contributed by atoms with Gasteiger partial charge in [-0.15, -0.1) is 0 Å². The van der Waals surface area contributed by atoms with Crippen molar-refractivity contribution in [2.24, 2.45) is 0 Å². The lowest BCUT2D eigenvalue weighted by Gasteiger charge is -2.09. The maximum Gasteiger partial charge on any atom is 0.322 e. The summed E-state index contributed by atoms with van der Waals surface area (Å²) in [7, 11) is 0. The summed E-state index contributed by atoms with van der Waals surface area (Å²) in [5.41, 5.74) is 1.29. The van der Waals surface area contributed by atoms with Gasteiger partial charge in [0.1, 0.15) is 23.6 Å². The Hall–Kier alpha value is -3.32. The highest BCUT2D eigenvalue weighted by Crippen LogP contribution is 2.27. The van der Waals surface area contributed by atoms with Crippen molar-refractivity contribution in [1.29, 1.82) is 0 Å². The molecule has 0 bridgehead atoms. The Morgan fingerprint density at radius 2 is 1.89 bits per heavy atom. The van der Waals surface area contributed by atoms with Crippen LogP contribution in [0, 0.1) is 6.92 Å². The first-order chi connectivity index (χ1) is 13.3. The zero-order chi connectivity index (χ0) is 20.3. The number of rotatable bonds is 6. The Kier molecular flexibility index (Phi) is 5.65. The summed E-state index contributed by atoms with van der Waals surface area (Å²) in [6.07, 6.45) is 0. The van der Waals surface area contributed by atoms with Gasteiger partial charge < -0.3 is 19.6 Å². The Morgan fingerprint density at radius 3 is 2.57 bits per heavy atom. The molecule has 0 fully saturated rings. The maximum atomic E-state index is 12.9. The molecule has 0 atom stereocenters. The Bertz CT molecular complexity index is 1100. The number of hydrogen-bond acceptors (Lipinski definition) is 5. The van der Waals surface area contributed by atoms with E-state index in [-0.39, 0.29) is 12.0 Å². The molecular weight excluding hydrogens is 386 g/mol. The molecule has 3 aromatic rings. The smallest absolute Gasteiger partial charge is 0.322 e. The average molecular weight is 402 g/mol. The monoisotopic (exact) mass is 401 g/mol. The molecule has 28 heavy (non-hydrogen) atoms. The third kappa shape index (κ3) is 4.32. The molecule has 1 heterocycles. The molecule has 2 aromatic carbocycles. The summed E-state index contributed by atoms with van der Waals surface area (Å²) in [5, 5.41) is 11.7. The van der Waals surface area contributed by atoms with Crippen LogP contribution in [0.5, 0.6) is 5.75 Å². The second-order valence-corrected chi connectivity index (χ2v) is 6.42. The van der Waals surface area contributed by atoms with Gasteiger partial charge in [0.25, 0.3) is 5.91 Å². The van der Waals surface area contributed by atoms with Crippen LogP contribution in [-0.2, 0) is 9.59 Å². The topological polar surface area (TPSA) is 106 Å². The van der Waals surface area contributed by atoms with Crippen LogP contribution in [0.3, 0.4) is 0 Å². The number of carbonyl (C=O) groups excluding carboxylic acids is 1. The molecule has 0 aliphatic carbocycles. The van der Waals surface area contributed by atoms with Crippen LogP contribution in [-0.4, -0.2) is 30.1 Å². The largest absolute Gasteiger partial charge is 0.484 e. The maximum absolute atomic E-state index is 12.9. The van der Waals surface area contributed by atoms with E-state index in [2.05, 4.69) is 5.32 Å². The number of hydrogen-bond donors (Lipinski definition) is 2. The number of amides is 1. The van der Waals surface area contributed by atoms with Crippen molar-refractivity contribution in [1.82, 2.24) is 5.32 Å². The van der Waals surface area contributed by atoms with E-state index in [0.717, 1.165) is 0 Å². The van der Waals surface area contributed by atoms with Gasteiger partial charge in [-0.05, 0) is 36.8 Å². The van der Waals surface area contributed by atoms with Crippen LogP contribution in [0.15, 0.2) is 51.7 Å². The van der Waals surface area contributed by atoms with E-state index in [1.165, 1.54) is 6.07 Å². The first-order valence-electron chi connectivity index (χ1n) is 8.30. The molecule has 8 heteroatoms. The highest BCUT2D eigenvalue weighted by atomic mass is 35.5. The van der Waals surface area contributed by atoms with Gasteiger partial charge in [-0.2, -0.15) is 0 Å². The lowest BCUT2D eigenvalue weighted by molar-refractivity contribution is -0.138.